The molecule has 0 aromatic carbocycles. The standard InChI is InChI=1S/C20H15N5OS2/c1-12-18(16-3-2-8-27-16)24-25-17(26)10-14(22-19(12)25)9-15-11-28-20(23-15)13-4-6-21-7-5-13/h2-8,10-11,24H,9H2,1H3. The Morgan fingerprint density at radius 3 is 2.75 bits per heavy atom. The average molecular weight is 406 g/mol. The Balaban J connectivity index is 1.51. The number of hydrogen-bond donors (Lipinski definition) is 1. The van der Waals surface area contributed by atoms with Crippen LogP contribution in [0.15, 0.2) is 58.3 Å². The summed E-state index contributed by atoms with van der Waals surface area (Å²) in [5.74, 6) is 0. The van der Waals surface area contributed by atoms with Gasteiger partial charge in [-0.2, -0.15) is 0 Å². The lowest BCUT2D eigenvalue weighted by molar-refractivity contribution is 0.881. The monoisotopic (exact) mass is 405 g/mol. The number of pyridine rings is 1. The summed E-state index contributed by atoms with van der Waals surface area (Å²) in [6.07, 6.45) is 4.03. The van der Waals surface area contributed by atoms with Crippen LogP contribution in [0.3, 0.4) is 0 Å². The number of aryl methyl sites for hydroxylation is 1. The van der Waals surface area contributed by atoms with Crippen LogP contribution in [0.25, 0.3) is 26.8 Å². The number of aromatic nitrogens is 5. The van der Waals surface area contributed by atoms with Crippen molar-refractivity contribution < 1.29 is 0 Å². The lowest BCUT2D eigenvalue weighted by Crippen LogP contribution is -2.16. The molecule has 138 valence electrons. The van der Waals surface area contributed by atoms with Crippen LogP contribution in [0.2, 0.25) is 0 Å². The fourth-order valence-corrected chi connectivity index (χ4v) is 4.75. The van der Waals surface area contributed by atoms with Gasteiger partial charge in [-0.1, -0.05) is 6.07 Å². The Hall–Kier alpha value is -3.10. The first-order valence-corrected chi connectivity index (χ1v) is 10.4. The molecule has 0 unspecified atom stereocenters. The van der Waals surface area contributed by atoms with Gasteiger partial charge in [0.25, 0.3) is 5.56 Å². The van der Waals surface area contributed by atoms with Crippen LogP contribution in [0.1, 0.15) is 17.0 Å². The topological polar surface area (TPSA) is 75.9 Å². The zero-order valence-electron chi connectivity index (χ0n) is 14.9. The number of thiazole rings is 1. The molecule has 0 amide bonds. The molecule has 5 heterocycles. The third-order valence-electron chi connectivity index (χ3n) is 4.51. The highest BCUT2D eigenvalue weighted by Crippen LogP contribution is 2.28. The second kappa shape index (κ2) is 6.81. The van der Waals surface area contributed by atoms with Crippen LogP contribution < -0.4 is 5.56 Å². The van der Waals surface area contributed by atoms with E-state index in [1.807, 2.05) is 41.9 Å². The van der Waals surface area contributed by atoms with Crippen molar-refractivity contribution in [3.05, 3.63) is 80.8 Å². The van der Waals surface area contributed by atoms with Crippen LogP contribution in [-0.2, 0) is 6.42 Å². The Kier molecular flexibility index (Phi) is 4.14. The molecule has 6 nitrogen and oxygen atoms in total. The molecule has 5 aromatic heterocycles. The van der Waals surface area contributed by atoms with Crippen LogP contribution in [0, 0.1) is 6.92 Å². The van der Waals surface area contributed by atoms with E-state index >= 15 is 0 Å². The Morgan fingerprint density at radius 1 is 1.11 bits per heavy atom. The molecule has 8 heteroatoms. The minimum atomic E-state index is -0.115. The van der Waals surface area contributed by atoms with Gasteiger partial charge in [0, 0.05) is 41.4 Å². The lowest BCUT2D eigenvalue weighted by atomic mass is 10.2. The molecule has 0 aliphatic rings. The predicted octanol–water partition coefficient (Wildman–Crippen LogP) is 4.17. The fraction of sp³-hybridized carbons (Fsp3) is 0.100. The quantitative estimate of drug-likeness (QED) is 0.487. The van der Waals surface area contributed by atoms with Crippen molar-refractivity contribution in [3.8, 4) is 21.1 Å². The van der Waals surface area contributed by atoms with Crippen LogP contribution in [0.4, 0.5) is 0 Å². The zero-order chi connectivity index (χ0) is 19.1. The van der Waals surface area contributed by atoms with E-state index in [2.05, 4.69) is 15.1 Å². The smallest absolute Gasteiger partial charge is 0.272 e. The zero-order valence-corrected chi connectivity index (χ0v) is 16.5. The van der Waals surface area contributed by atoms with E-state index in [0.717, 1.165) is 38.1 Å². The summed E-state index contributed by atoms with van der Waals surface area (Å²) in [6, 6.07) is 9.48. The minimum absolute atomic E-state index is 0.115. The molecule has 1 N–H and O–H groups in total. The molecule has 0 aliphatic heterocycles. The number of rotatable bonds is 4. The van der Waals surface area contributed by atoms with E-state index < -0.39 is 0 Å². The first kappa shape index (κ1) is 17.0. The lowest BCUT2D eigenvalue weighted by Gasteiger charge is -1.99. The number of thiophene rings is 1. The molecular formula is C20H15N5OS2. The molecular weight excluding hydrogens is 390 g/mol. The van der Waals surface area contributed by atoms with Gasteiger partial charge >= 0.3 is 0 Å². The summed E-state index contributed by atoms with van der Waals surface area (Å²) in [7, 11) is 0. The van der Waals surface area contributed by atoms with E-state index in [-0.39, 0.29) is 5.56 Å². The van der Waals surface area contributed by atoms with Gasteiger partial charge in [-0.05, 0) is 30.5 Å². The number of H-pyrrole nitrogens is 1. The van der Waals surface area contributed by atoms with Crippen molar-refractivity contribution in [2.45, 2.75) is 13.3 Å². The SMILES string of the molecule is Cc1c(-c2cccs2)[nH]n2c(=O)cc(Cc3csc(-c4ccncc4)n3)nc12. The van der Waals surface area contributed by atoms with Crippen LogP contribution in [-0.4, -0.2) is 24.6 Å². The molecule has 0 aliphatic carbocycles. The maximum atomic E-state index is 12.6. The first-order chi connectivity index (χ1) is 13.7. The second-order valence-corrected chi connectivity index (χ2v) is 8.20. The van der Waals surface area contributed by atoms with Crippen LogP contribution in [0.5, 0.6) is 0 Å². The van der Waals surface area contributed by atoms with Gasteiger partial charge in [0.15, 0.2) is 5.65 Å². The summed E-state index contributed by atoms with van der Waals surface area (Å²) in [6.45, 7) is 1.99. The van der Waals surface area contributed by atoms with Gasteiger partial charge in [0.05, 0.1) is 22.0 Å². The molecule has 0 atom stereocenters. The summed E-state index contributed by atoms with van der Waals surface area (Å²) >= 11 is 3.21. The highest BCUT2D eigenvalue weighted by molar-refractivity contribution is 7.13. The first-order valence-electron chi connectivity index (χ1n) is 8.69. The number of aromatic amines is 1. The van der Waals surface area contributed by atoms with Gasteiger partial charge in [-0.3, -0.25) is 14.9 Å². The Bertz CT molecular complexity index is 1320. The van der Waals surface area contributed by atoms with Gasteiger partial charge < -0.3 is 0 Å². The van der Waals surface area contributed by atoms with Gasteiger partial charge in [-0.15, -0.1) is 22.7 Å². The highest BCUT2D eigenvalue weighted by atomic mass is 32.1. The van der Waals surface area contributed by atoms with Crippen molar-refractivity contribution >= 4 is 28.3 Å². The summed E-state index contributed by atoms with van der Waals surface area (Å²) in [4.78, 5) is 27.2. The van der Waals surface area contributed by atoms with Crippen LogP contribution >= 0.6 is 22.7 Å². The Morgan fingerprint density at radius 2 is 1.96 bits per heavy atom. The van der Waals surface area contributed by atoms with Crippen molar-refractivity contribution in [2.24, 2.45) is 0 Å². The van der Waals surface area contributed by atoms with E-state index in [1.54, 1.807) is 41.1 Å². The third-order valence-corrected chi connectivity index (χ3v) is 6.34. The van der Waals surface area contributed by atoms with Gasteiger partial charge in [-0.25, -0.2) is 14.5 Å². The molecule has 0 saturated carbocycles. The number of fused-ring (bicyclic) bond motifs is 1. The van der Waals surface area contributed by atoms with E-state index in [0.29, 0.717) is 12.1 Å². The second-order valence-electron chi connectivity index (χ2n) is 6.39. The maximum Gasteiger partial charge on any atom is 0.272 e. The maximum absolute atomic E-state index is 12.6. The predicted molar refractivity (Wildman–Crippen MR) is 112 cm³/mol. The number of nitrogens with one attached hydrogen (secondary N) is 1. The molecule has 28 heavy (non-hydrogen) atoms. The molecule has 0 radical (unpaired) electrons. The number of hydrogen-bond acceptors (Lipinski definition) is 6. The average Bonchev–Trinajstić information content (AvgIpc) is 3.44. The number of nitrogens with zero attached hydrogens (tertiary/aromatic N) is 4. The molecule has 0 saturated heterocycles. The van der Waals surface area contributed by atoms with E-state index in [1.165, 1.54) is 4.52 Å². The fourth-order valence-electron chi connectivity index (χ4n) is 3.15. The van der Waals surface area contributed by atoms with E-state index in [4.69, 9.17) is 4.98 Å². The van der Waals surface area contributed by atoms with Gasteiger partial charge in [0.1, 0.15) is 5.01 Å². The molecule has 0 bridgehead atoms. The van der Waals surface area contributed by atoms with Gasteiger partial charge in [0.2, 0.25) is 0 Å². The Labute approximate surface area is 168 Å². The minimum Gasteiger partial charge on any atom is -0.288 e. The third kappa shape index (κ3) is 2.96. The highest BCUT2D eigenvalue weighted by Gasteiger charge is 2.15. The van der Waals surface area contributed by atoms with Crippen molar-refractivity contribution in [2.75, 3.05) is 0 Å². The summed E-state index contributed by atoms with van der Waals surface area (Å²) in [5, 5.41) is 8.15. The summed E-state index contributed by atoms with van der Waals surface area (Å²) < 4.78 is 1.51. The van der Waals surface area contributed by atoms with Crippen molar-refractivity contribution in [1.82, 2.24) is 24.6 Å². The summed E-state index contributed by atoms with van der Waals surface area (Å²) in [5.41, 5.74) is 5.11. The van der Waals surface area contributed by atoms with E-state index in [9.17, 15) is 4.79 Å². The molecule has 0 fully saturated rings. The molecule has 0 spiro atoms. The normalized spacial score (nSPS) is 11.3. The largest absolute Gasteiger partial charge is 0.288 e. The molecule has 5 rings (SSSR count). The molecule has 5 aromatic rings. The van der Waals surface area contributed by atoms with Crippen molar-refractivity contribution in [1.29, 1.82) is 0 Å². The van der Waals surface area contributed by atoms with Crippen molar-refractivity contribution in [3.63, 3.8) is 0 Å².